The third-order valence-electron chi connectivity index (χ3n) is 3.01. The molecule has 0 amide bonds. The molecule has 3 N–H and O–H groups in total. The number of nitrogens with zero attached hydrogens (tertiary/aromatic N) is 1. The molecule has 0 saturated carbocycles. The Hall–Kier alpha value is -0.610. The van der Waals surface area contributed by atoms with Crippen LogP contribution in [0.3, 0.4) is 0 Å². The van der Waals surface area contributed by atoms with Crippen LogP contribution in [0.1, 0.15) is 26.2 Å². The molecule has 0 aromatic carbocycles. The minimum atomic E-state index is -0.643. The average molecular weight is 200 g/mol. The maximum absolute atomic E-state index is 10.8. The van der Waals surface area contributed by atoms with E-state index in [-0.39, 0.29) is 5.92 Å². The summed E-state index contributed by atoms with van der Waals surface area (Å²) in [5.41, 5.74) is 5.45. The van der Waals surface area contributed by atoms with Crippen molar-refractivity contribution < 1.29 is 9.90 Å². The number of nitrogens with two attached hydrogens (primary N) is 1. The van der Waals surface area contributed by atoms with Crippen molar-refractivity contribution in [1.82, 2.24) is 4.90 Å². The SMILES string of the molecule is CC1CC(C(=O)O)CCN1CCCN. The molecule has 2 unspecified atom stereocenters. The average Bonchev–Trinajstić information content (AvgIpc) is 2.15. The van der Waals surface area contributed by atoms with Gasteiger partial charge in [0.2, 0.25) is 0 Å². The van der Waals surface area contributed by atoms with E-state index >= 15 is 0 Å². The van der Waals surface area contributed by atoms with Crippen molar-refractivity contribution in [1.29, 1.82) is 0 Å². The number of hydrogen-bond acceptors (Lipinski definition) is 3. The molecule has 4 heteroatoms. The van der Waals surface area contributed by atoms with Gasteiger partial charge in [0.05, 0.1) is 5.92 Å². The summed E-state index contributed by atoms with van der Waals surface area (Å²) in [6.45, 7) is 4.72. The molecule has 1 aliphatic heterocycles. The molecule has 0 aliphatic carbocycles. The molecule has 4 nitrogen and oxygen atoms in total. The fraction of sp³-hybridized carbons (Fsp3) is 0.900. The lowest BCUT2D eigenvalue weighted by molar-refractivity contribution is -0.144. The van der Waals surface area contributed by atoms with Gasteiger partial charge in [-0.1, -0.05) is 0 Å². The number of rotatable bonds is 4. The summed E-state index contributed by atoms with van der Waals surface area (Å²) in [7, 11) is 0. The van der Waals surface area contributed by atoms with Gasteiger partial charge in [-0.3, -0.25) is 4.79 Å². The summed E-state index contributed by atoms with van der Waals surface area (Å²) < 4.78 is 0. The Morgan fingerprint density at radius 1 is 1.64 bits per heavy atom. The third kappa shape index (κ3) is 2.96. The minimum Gasteiger partial charge on any atom is -0.481 e. The van der Waals surface area contributed by atoms with E-state index in [1.54, 1.807) is 0 Å². The van der Waals surface area contributed by atoms with Gasteiger partial charge in [-0.2, -0.15) is 0 Å². The van der Waals surface area contributed by atoms with Gasteiger partial charge in [-0.25, -0.2) is 0 Å². The van der Waals surface area contributed by atoms with Gasteiger partial charge < -0.3 is 15.7 Å². The van der Waals surface area contributed by atoms with Crippen LogP contribution in [-0.4, -0.2) is 41.7 Å². The molecule has 1 heterocycles. The van der Waals surface area contributed by atoms with Crippen molar-refractivity contribution in [3.8, 4) is 0 Å². The molecule has 14 heavy (non-hydrogen) atoms. The van der Waals surface area contributed by atoms with E-state index in [0.717, 1.165) is 32.4 Å². The highest BCUT2D eigenvalue weighted by molar-refractivity contribution is 5.70. The number of piperidine rings is 1. The minimum absolute atomic E-state index is 0.140. The van der Waals surface area contributed by atoms with E-state index in [1.807, 2.05) is 0 Å². The molecule has 82 valence electrons. The number of carboxylic acids is 1. The van der Waals surface area contributed by atoms with Gasteiger partial charge in [0.1, 0.15) is 0 Å². The van der Waals surface area contributed by atoms with Crippen LogP contribution in [0.15, 0.2) is 0 Å². The van der Waals surface area contributed by atoms with Crippen molar-refractivity contribution in [3.63, 3.8) is 0 Å². The predicted octanol–water partition coefficient (Wildman–Crippen LogP) is 0.520. The highest BCUT2D eigenvalue weighted by Gasteiger charge is 2.28. The normalized spacial score (nSPS) is 29.0. The Bertz CT molecular complexity index is 197. The Labute approximate surface area is 85.1 Å². The lowest BCUT2D eigenvalue weighted by Gasteiger charge is -2.36. The molecular formula is C10H20N2O2. The second-order valence-corrected chi connectivity index (χ2v) is 4.09. The van der Waals surface area contributed by atoms with E-state index in [0.29, 0.717) is 12.6 Å². The van der Waals surface area contributed by atoms with Crippen LogP contribution < -0.4 is 5.73 Å². The van der Waals surface area contributed by atoms with Crippen molar-refractivity contribution in [2.45, 2.75) is 32.2 Å². The van der Waals surface area contributed by atoms with Crippen molar-refractivity contribution in [3.05, 3.63) is 0 Å². The lowest BCUT2D eigenvalue weighted by Crippen LogP contribution is -2.43. The summed E-state index contributed by atoms with van der Waals surface area (Å²) in [5.74, 6) is -0.783. The highest BCUT2D eigenvalue weighted by atomic mass is 16.4. The van der Waals surface area contributed by atoms with E-state index in [4.69, 9.17) is 10.8 Å². The van der Waals surface area contributed by atoms with Gasteiger partial charge >= 0.3 is 5.97 Å². The molecule has 1 rings (SSSR count). The molecule has 0 spiro atoms. The fourth-order valence-electron chi connectivity index (χ4n) is 2.07. The molecule has 1 saturated heterocycles. The molecule has 2 atom stereocenters. The van der Waals surface area contributed by atoms with Crippen molar-refractivity contribution >= 4 is 5.97 Å². The van der Waals surface area contributed by atoms with Crippen LogP contribution in [-0.2, 0) is 4.79 Å². The van der Waals surface area contributed by atoms with Gasteiger partial charge in [-0.15, -0.1) is 0 Å². The first kappa shape index (κ1) is 11.5. The molecule has 0 aromatic rings. The quantitative estimate of drug-likeness (QED) is 0.694. The molecule has 0 aromatic heterocycles. The zero-order valence-corrected chi connectivity index (χ0v) is 8.78. The van der Waals surface area contributed by atoms with Gasteiger partial charge in [0, 0.05) is 6.04 Å². The van der Waals surface area contributed by atoms with Gasteiger partial charge in [-0.05, 0) is 45.8 Å². The Balaban J connectivity index is 2.35. The predicted molar refractivity (Wildman–Crippen MR) is 55.1 cm³/mol. The van der Waals surface area contributed by atoms with Gasteiger partial charge in [0.25, 0.3) is 0 Å². The molecule has 0 bridgehead atoms. The summed E-state index contributed by atoms with van der Waals surface area (Å²) in [4.78, 5) is 13.1. The fourth-order valence-corrected chi connectivity index (χ4v) is 2.07. The zero-order valence-electron chi connectivity index (χ0n) is 8.78. The van der Waals surface area contributed by atoms with Crippen LogP contribution in [0.5, 0.6) is 0 Å². The summed E-state index contributed by atoms with van der Waals surface area (Å²) in [6, 6.07) is 0.386. The van der Waals surface area contributed by atoms with Crippen LogP contribution in [0.25, 0.3) is 0 Å². The molecule has 0 radical (unpaired) electrons. The number of carboxylic acid groups (broad SMARTS) is 1. The van der Waals surface area contributed by atoms with E-state index in [1.165, 1.54) is 0 Å². The molecule has 1 fully saturated rings. The number of likely N-dealkylation sites (tertiary alicyclic amines) is 1. The lowest BCUT2D eigenvalue weighted by atomic mass is 9.91. The van der Waals surface area contributed by atoms with Crippen molar-refractivity contribution in [2.24, 2.45) is 11.7 Å². The topological polar surface area (TPSA) is 66.6 Å². The van der Waals surface area contributed by atoms with E-state index in [9.17, 15) is 4.79 Å². The number of aliphatic carboxylic acids is 1. The summed E-state index contributed by atoms with van der Waals surface area (Å²) in [5, 5.41) is 8.88. The van der Waals surface area contributed by atoms with E-state index in [2.05, 4.69) is 11.8 Å². The summed E-state index contributed by atoms with van der Waals surface area (Å²) >= 11 is 0. The number of carbonyl (C=O) groups is 1. The smallest absolute Gasteiger partial charge is 0.306 e. The van der Waals surface area contributed by atoms with Gasteiger partial charge in [0.15, 0.2) is 0 Å². The maximum Gasteiger partial charge on any atom is 0.306 e. The zero-order chi connectivity index (χ0) is 10.6. The number of hydrogen-bond donors (Lipinski definition) is 2. The first-order valence-electron chi connectivity index (χ1n) is 5.32. The summed E-state index contributed by atoms with van der Waals surface area (Å²) in [6.07, 6.45) is 2.56. The third-order valence-corrected chi connectivity index (χ3v) is 3.01. The molecular weight excluding hydrogens is 180 g/mol. The van der Waals surface area contributed by atoms with E-state index < -0.39 is 5.97 Å². The van der Waals surface area contributed by atoms with Crippen molar-refractivity contribution in [2.75, 3.05) is 19.6 Å². The van der Waals surface area contributed by atoms with Crippen LogP contribution in [0, 0.1) is 5.92 Å². The standard InChI is InChI=1S/C10H20N2O2/c1-8-7-9(10(13)14)3-6-12(8)5-2-4-11/h8-9H,2-7,11H2,1H3,(H,13,14). The largest absolute Gasteiger partial charge is 0.481 e. The second kappa shape index (κ2) is 5.32. The Morgan fingerprint density at radius 2 is 2.36 bits per heavy atom. The second-order valence-electron chi connectivity index (χ2n) is 4.09. The maximum atomic E-state index is 10.8. The van der Waals surface area contributed by atoms with Crippen LogP contribution in [0.2, 0.25) is 0 Å². The Kier molecular flexibility index (Phi) is 4.35. The first-order chi connectivity index (χ1) is 6.65. The van der Waals surface area contributed by atoms with Crippen LogP contribution >= 0.6 is 0 Å². The monoisotopic (exact) mass is 200 g/mol. The van der Waals surface area contributed by atoms with Crippen LogP contribution in [0.4, 0.5) is 0 Å². The first-order valence-corrected chi connectivity index (χ1v) is 5.32. The molecule has 1 aliphatic rings. The highest BCUT2D eigenvalue weighted by Crippen LogP contribution is 2.22. The Morgan fingerprint density at radius 3 is 2.86 bits per heavy atom.